The van der Waals surface area contributed by atoms with Gasteiger partial charge in [0.2, 0.25) is 0 Å². The molecule has 0 spiro atoms. The summed E-state index contributed by atoms with van der Waals surface area (Å²) in [5.74, 6) is 1.62. The third-order valence-corrected chi connectivity index (χ3v) is 5.36. The van der Waals surface area contributed by atoms with Gasteiger partial charge in [-0.3, -0.25) is 4.98 Å². The van der Waals surface area contributed by atoms with E-state index in [1.807, 2.05) is 44.3 Å². The van der Waals surface area contributed by atoms with E-state index >= 15 is 0 Å². The van der Waals surface area contributed by atoms with Gasteiger partial charge in [0.05, 0.1) is 23.9 Å². The monoisotopic (exact) mass is 411 g/mol. The molecule has 0 fully saturated rings. The van der Waals surface area contributed by atoms with Crippen LogP contribution in [0, 0.1) is 0 Å². The van der Waals surface area contributed by atoms with Gasteiger partial charge in [-0.05, 0) is 57.9 Å². The smallest absolute Gasteiger partial charge is 0.166 e. The Balaban J connectivity index is 1.42. The molecule has 2 aromatic heterocycles. The van der Waals surface area contributed by atoms with Crippen molar-refractivity contribution in [3.8, 4) is 22.8 Å². The number of aromatic nitrogens is 2. The lowest BCUT2D eigenvalue weighted by atomic mass is 10.1. The lowest BCUT2D eigenvalue weighted by Gasteiger charge is -2.17. The molecule has 2 heterocycles. The van der Waals surface area contributed by atoms with Crippen LogP contribution < -0.4 is 14.8 Å². The molecule has 0 radical (unpaired) electrons. The first-order valence-electron chi connectivity index (χ1n) is 10.1. The van der Waals surface area contributed by atoms with E-state index in [1.165, 1.54) is 5.01 Å². The van der Waals surface area contributed by atoms with E-state index in [0.29, 0.717) is 0 Å². The maximum Gasteiger partial charge on any atom is 0.166 e. The first-order valence-corrected chi connectivity index (χ1v) is 10.9. The zero-order valence-electron chi connectivity index (χ0n) is 17.4. The number of nitrogens with zero attached hydrogens (tertiary/aromatic N) is 2. The van der Waals surface area contributed by atoms with Crippen molar-refractivity contribution in [2.24, 2.45) is 0 Å². The van der Waals surface area contributed by atoms with Crippen LogP contribution in [0.3, 0.4) is 0 Å². The van der Waals surface area contributed by atoms with Crippen LogP contribution in [0.5, 0.6) is 11.5 Å². The lowest BCUT2D eigenvalue weighted by molar-refractivity contribution is 0.227. The summed E-state index contributed by atoms with van der Waals surface area (Å²) >= 11 is 1.73. The third kappa shape index (κ3) is 6.27. The molecule has 3 rings (SSSR count). The zero-order valence-corrected chi connectivity index (χ0v) is 18.2. The number of unbranched alkanes of at least 4 members (excludes halogenated alkanes) is 1. The second-order valence-corrected chi connectivity index (χ2v) is 8.06. The summed E-state index contributed by atoms with van der Waals surface area (Å²) in [6.45, 7) is 5.78. The van der Waals surface area contributed by atoms with E-state index in [1.54, 1.807) is 24.6 Å². The van der Waals surface area contributed by atoms with E-state index in [-0.39, 0.29) is 6.10 Å². The molecule has 29 heavy (non-hydrogen) atoms. The molecule has 1 aromatic carbocycles. The highest BCUT2D eigenvalue weighted by Gasteiger charge is 2.12. The van der Waals surface area contributed by atoms with Gasteiger partial charge in [-0.2, -0.15) is 0 Å². The van der Waals surface area contributed by atoms with Gasteiger partial charge in [0, 0.05) is 35.4 Å². The summed E-state index contributed by atoms with van der Waals surface area (Å²) in [5.41, 5.74) is 3.22. The van der Waals surface area contributed by atoms with Crippen LogP contribution in [-0.4, -0.2) is 29.7 Å². The minimum Gasteiger partial charge on any atom is -0.493 e. The molecule has 0 aliphatic rings. The quantitative estimate of drug-likeness (QED) is 0.444. The van der Waals surface area contributed by atoms with Gasteiger partial charge in [-0.15, -0.1) is 11.3 Å². The highest BCUT2D eigenvalue weighted by molar-refractivity contribution is 7.09. The molecule has 0 aliphatic heterocycles. The van der Waals surface area contributed by atoms with Crippen molar-refractivity contribution in [1.82, 2.24) is 15.3 Å². The Labute approximate surface area is 177 Å². The number of hydrogen-bond donors (Lipinski definition) is 1. The average molecular weight is 412 g/mol. The molecule has 1 N–H and O–H groups in total. The van der Waals surface area contributed by atoms with Crippen molar-refractivity contribution < 1.29 is 9.47 Å². The van der Waals surface area contributed by atoms with Gasteiger partial charge < -0.3 is 14.8 Å². The number of rotatable bonds is 11. The Bertz CT molecular complexity index is 881. The van der Waals surface area contributed by atoms with E-state index in [9.17, 15) is 0 Å². The van der Waals surface area contributed by atoms with Crippen LogP contribution >= 0.6 is 11.3 Å². The van der Waals surface area contributed by atoms with Crippen LogP contribution in [0.4, 0.5) is 0 Å². The normalized spacial score (nSPS) is 11.0. The SMILES string of the molecule is COc1cccc(CNCCCCc2nc(-c3cccnc3)cs2)c1OC(C)C. The number of pyridine rings is 1. The minimum absolute atomic E-state index is 0.111. The molecule has 6 heteroatoms. The van der Waals surface area contributed by atoms with Crippen molar-refractivity contribution in [3.63, 3.8) is 0 Å². The fraction of sp³-hybridized carbons (Fsp3) is 0.391. The average Bonchev–Trinajstić information content (AvgIpc) is 3.20. The number of hydrogen-bond acceptors (Lipinski definition) is 6. The Morgan fingerprint density at radius 3 is 2.79 bits per heavy atom. The molecule has 3 aromatic rings. The molecule has 0 atom stereocenters. The molecule has 0 bridgehead atoms. The zero-order chi connectivity index (χ0) is 20.5. The standard InChI is InChI=1S/C23H29N3O2S/c1-17(2)28-23-19(8-6-10-21(23)27-3)15-24-12-5-4-11-22-26-20(16-29-22)18-9-7-13-25-14-18/h6-10,13-14,16-17,24H,4-5,11-12,15H2,1-3H3. The molecule has 5 nitrogen and oxygen atoms in total. The molecular weight excluding hydrogens is 382 g/mol. The number of para-hydroxylation sites is 1. The van der Waals surface area contributed by atoms with Crippen molar-refractivity contribution in [1.29, 1.82) is 0 Å². The Kier molecular flexibility index (Phi) is 8.02. The van der Waals surface area contributed by atoms with Crippen molar-refractivity contribution in [2.75, 3.05) is 13.7 Å². The van der Waals surface area contributed by atoms with Gasteiger partial charge in [0.1, 0.15) is 0 Å². The number of methoxy groups -OCH3 is 1. The summed E-state index contributed by atoms with van der Waals surface area (Å²) in [6.07, 6.45) is 6.98. The van der Waals surface area contributed by atoms with Crippen LogP contribution in [0.1, 0.15) is 37.3 Å². The second kappa shape index (κ2) is 10.9. The molecule has 0 saturated heterocycles. The first kappa shape index (κ1) is 21.3. The summed E-state index contributed by atoms with van der Waals surface area (Å²) in [6, 6.07) is 10.0. The molecule has 0 unspecified atom stereocenters. The van der Waals surface area contributed by atoms with Gasteiger partial charge in [-0.1, -0.05) is 12.1 Å². The molecule has 0 amide bonds. The van der Waals surface area contributed by atoms with E-state index in [0.717, 1.165) is 60.7 Å². The third-order valence-electron chi connectivity index (χ3n) is 4.45. The van der Waals surface area contributed by atoms with Crippen molar-refractivity contribution in [3.05, 3.63) is 58.7 Å². The van der Waals surface area contributed by atoms with E-state index < -0.39 is 0 Å². The highest BCUT2D eigenvalue weighted by atomic mass is 32.1. The fourth-order valence-electron chi connectivity index (χ4n) is 3.05. The number of ether oxygens (including phenoxy) is 2. The summed E-state index contributed by atoms with van der Waals surface area (Å²) in [7, 11) is 1.68. The summed E-state index contributed by atoms with van der Waals surface area (Å²) in [5, 5.41) is 6.82. The van der Waals surface area contributed by atoms with Gasteiger partial charge in [0.25, 0.3) is 0 Å². The largest absolute Gasteiger partial charge is 0.493 e. The molecule has 0 aliphatic carbocycles. The molecule has 0 saturated carbocycles. The minimum atomic E-state index is 0.111. The Morgan fingerprint density at radius 2 is 2.03 bits per heavy atom. The van der Waals surface area contributed by atoms with E-state index in [4.69, 9.17) is 14.5 Å². The highest BCUT2D eigenvalue weighted by Crippen LogP contribution is 2.32. The van der Waals surface area contributed by atoms with Crippen LogP contribution in [0.15, 0.2) is 48.1 Å². The predicted molar refractivity (Wildman–Crippen MR) is 119 cm³/mol. The summed E-state index contributed by atoms with van der Waals surface area (Å²) < 4.78 is 11.4. The van der Waals surface area contributed by atoms with Gasteiger partial charge in [-0.25, -0.2) is 4.98 Å². The van der Waals surface area contributed by atoms with E-state index in [2.05, 4.69) is 21.7 Å². The lowest BCUT2D eigenvalue weighted by Crippen LogP contribution is -2.17. The topological polar surface area (TPSA) is 56.3 Å². The predicted octanol–water partition coefficient (Wildman–Crippen LogP) is 5.11. The van der Waals surface area contributed by atoms with Crippen molar-refractivity contribution in [2.45, 2.75) is 45.8 Å². The number of aryl methyl sites for hydroxylation is 1. The van der Waals surface area contributed by atoms with Gasteiger partial charge in [0.15, 0.2) is 11.5 Å². The number of nitrogens with one attached hydrogen (secondary N) is 1. The van der Waals surface area contributed by atoms with Crippen LogP contribution in [-0.2, 0) is 13.0 Å². The summed E-state index contributed by atoms with van der Waals surface area (Å²) in [4.78, 5) is 8.90. The van der Waals surface area contributed by atoms with Crippen molar-refractivity contribution >= 4 is 11.3 Å². The maximum absolute atomic E-state index is 5.97. The Hall–Kier alpha value is -2.44. The first-order chi connectivity index (χ1) is 14.2. The Morgan fingerprint density at radius 1 is 1.14 bits per heavy atom. The van der Waals surface area contributed by atoms with Crippen LogP contribution in [0.2, 0.25) is 0 Å². The second-order valence-electron chi connectivity index (χ2n) is 7.12. The maximum atomic E-state index is 5.97. The number of benzene rings is 1. The molecule has 154 valence electrons. The molecular formula is C23H29N3O2S. The van der Waals surface area contributed by atoms with Gasteiger partial charge >= 0.3 is 0 Å². The fourth-order valence-corrected chi connectivity index (χ4v) is 3.90. The van der Waals surface area contributed by atoms with Crippen LogP contribution in [0.25, 0.3) is 11.3 Å². The number of thiazole rings is 1.